The van der Waals surface area contributed by atoms with Crippen molar-refractivity contribution in [1.29, 1.82) is 0 Å². The van der Waals surface area contributed by atoms with Crippen LogP contribution in [0.15, 0.2) is 54.9 Å². The molecule has 5 heteroatoms. The van der Waals surface area contributed by atoms with Crippen LogP contribution in [-0.2, 0) is 6.42 Å². The fourth-order valence-electron chi connectivity index (χ4n) is 2.67. The van der Waals surface area contributed by atoms with Crippen molar-refractivity contribution in [3.05, 3.63) is 71.8 Å². The first kappa shape index (κ1) is 13.6. The molecule has 112 valence electrons. The molecule has 0 N–H and O–H groups in total. The lowest BCUT2D eigenvalue weighted by molar-refractivity contribution is 0.101. The van der Waals surface area contributed by atoms with Gasteiger partial charge in [0, 0.05) is 24.9 Å². The van der Waals surface area contributed by atoms with Crippen LogP contribution in [0.5, 0.6) is 0 Å². The number of carbonyl (C=O) groups is 1. The second kappa shape index (κ2) is 5.28. The predicted molar refractivity (Wildman–Crippen MR) is 87.5 cm³/mol. The van der Waals surface area contributed by atoms with Gasteiger partial charge < -0.3 is 0 Å². The van der Waals surface area contributed by atoms with Gasteiger partial charge in [-0.05, 0) is 35.9 Å². The Kier molecular flexibility index (Phi) is 3.12. The van der Waals surface area contributed by atoms with Gasteiger partial charge in [-0.2, -0.15) is 5.10 Å². The minimum atomic E-state index is -0.0525. The van der Waals surface area contributed by atoms with Crippen molar-refractivity contribution in [2.45, 2.75) is 13.3 Å². The molecule has 0 bridgehead atoms. The number of Topliss-reactive ketones (excluding diaryl/α,β-unsaturated/α-hetero) is 1. The van der Waals surface area contributed by atoms with E-state index in [0.29, 0.717) is 12.1 Å². The van der Waals surface area contributed by atoms with E-state index in [1.54, 1.807) is 23.0 Å². The summed E-state index contributed by atoms with van der Waals surface area (Å²) in [6.07, 6.45) is 4.29. The van der Waals surface area contributed by atoms with Crippen LogP contribution in [0.4, 0.5) is 0 Å². The monoisotopic (exact) mass is 302 g/mol. The fourth-order valence-corrected chi connectivity index (χ4v) is 2.67. The molecule has 0 atom stereocenters. The molecule has 3 aromatic heterocycles. The van der Waals surface area contributed by atoms with Gasteiger partial charge in [-0.15, -0.1) is 0 Å². The van der Waals surface area contributed by atoms with Crippen molar-refractivity contribution in [2.75, 3.05) is 0 Å². The summed E-state index contributed by atoms with van der Waals surface area (Å²) in [5.74, 6) is -0.0525. The van der Waals surface area contributed by atoms with E-state index in [2.05, 4.69) is 27.2 Å². The molecule has 1 aromatic carbocycles. The average Bonchev–Trinajstić information content (AvgIpc) is 2.97. The Morgan fingerprint density at radius 2 is 2.04 bits per heavy atom. The van der Waals surface area contributed by atoms with Crippen molar-refractivity contribution >= 4 is 22.3 Å². The highest BCUT2D eigenvalue weighted by Crippen LogP contribution is 2.17. The van der Waals surface area contributed by atoms with Gasteiger partial charge in [0.25, 0.3) is 0 Å². The summed E-state index contributed by atoms with van der Waals surface area (Å²) in [4.78, 5) is 20.2. The summed E-state index contributed by atoms with van der Waals surface area (Å²) in [6, 6.07) is 13.7. The maximum atomic E-state index is 11.5. The van der Waals surface area contributed by atoms with E-state index in [0.717, 1.165) is 27.8 Å². The van der Waals surface area contributed by atoms with Crippen LogP contribution < -0.4 is 0 Å². The van der Waals surface area contributed by atoms with Gasteiger partial charge in [0.1, 0.15) is 5.69 Å². The normalized spacial score (nSPS) is 11.2. The number of carbonyl (C=O) groups excluding carboxylic acids is 1. The van der Waals surface area contributed by atoms with Crippen molar-refractivity contribution in [3.63, 3.8) is 0 Å². The zero-order valence-electron chi connectivity index (χ0n) is 12.6. The predicted octanol–water partition coefficient (Wildman–Crippen LogP) is 3.07. The number of ketones is 1. The minimum Gasteiger partial charge on any atom is -0.293 e. The Bertz CT molecular complexity index is 1040. The molecule has 0 saturated heterocycles. The molecule has 23 heavy (non-hydrogen) atoms. The molecule has 0 aliphatic carbocycles. The van der Waals surface area contributed by atoms with Gasteiger partial charge in [-0.3, -0.25) is 9.78 Å². The van der Waals surface area contributed by atoms with Crippen LogP contribution in [0.3, 0.4) is 0 Å². The lowest BCUT2D eigenvalue weighted by Gasteiger charge is -2.04. The standard InChI is InChI=1S/C18H14N4O/c1-12(23)16-6-7-18-20-11-15(22(18)21-16)10-13-4-5-17-14(9-13)3-2-8-19-17/h2-9,11H,10H2,1H3. The van der Waals surface area contributed by atoms with Crippen molar-refractivity contribution < 1.29 is 4.79 Å². The summed E-state index contributed by atoms with van der Waals surface area (Å²) >= 11 is 0. The molecule has 0 radical (unpaired) electrons. The molecule has 0 unspecified atom stereocenters. The highest BCUT2D eigenvalue weighted by atomic mass is 16.1. The van der Waals surface area contributed by atoms with Crippen LogP contribution in [0.25, 0.3) is 16.6 Å². The molecule has 0 aliphatic heterocycles. The smallest absolute Gasteiger partial charge is 0.179 e. The number of aromatic nitrogens is 4. The Balaban J connectivity index is 1.76. The molecule has 0 saturated carbocycles. The summed E-state index contributed by atoms with van der Waals surface area (Å²) < 4.78 is 1.74. The number of hydrogen-bond acceptors (Lipinski definition) is 4. The number of benzene rings is 1. The first-order chi connectivity index (χ1) is 11.2. The van der Waals surface area contributed by atoms with Gasteiger partial charge >= 0.3 is 0 Å². The topological polar surface area (TPSA) is 60.2 Å². The first-order valence-electron chi connectivity index (χ1n) is 7.39. The summed E-state index contributed by atoms with van der Waals surface area (Å²) in [6.45, 7) is 1.51. The Morgan fingerprint density at radius 3 is 2.91 bits per heavy atom. The largest absolute Gasteiger partial charge is 0.293 e. The molecular formula is C18H14N4O. The fraction of sp³-hybridized carbons (Fsp3) is 0.111. The third-order valence-electron chi connectivity index (χ3n) is 3.85. The quantitative estimate of drug-likeness (QED) is 0.546. The van der Waals surface area contributed by atoms with Crippen molar-refractivity contribution in [1.82, 2.24) is 19.6 Å². The zero-order valence-corrected chi connectivity index (χ0v) is 12.6. The number of rotatable bonds is 3. The lowest BCUT2D eigenvalue weighted by Crippen LogP contribution is -2.05. The summed E-state index contributed by atoms with van der Waals surface area (Å²) in [7, 11) is 0. The molecule has 0 fully saturated rings. The number of nitrogens with zero attached hydrogens (tertiary/aromatic N) is 4. The molecule has 4 aromatic rings. The van der Waals surface area contributed by atoms with E-state index >= 15 is 0 Å². The van der Waals surface area contributed by atoms with E-state index in [9.17, 15) is 4.79 Å². The molecule has 4 rings (SSSR count). The van der Waals surface area contributed by atoms with Crippen LogP contribution >= 0.6 is 0 Å². The number of fused-ring (bicyclic) bond motifs is 2. The van der Waals surface area contributed by atoms with E-state index in [-0.39, 0.29) is 5.78 Å². The molecule has 5 nitrogen and oxygen atoms in total. The van der Waals surface area contributed by atoms with E-state index in [4.69, 9.17) is 0 Å². The average molecular weight is 302 g/mol. The molecule has 3 heterocycles. The highest BCUT2D eigenvalue weighted by Gasteiger charge is 2.09. The number of pyridine rings is 1. The third kappa shape index (κ3) is 2.46. The molecule has 0 spiro atoms. The Morgan fingerprint density at radius 1 is 1.13 bits per heavy atom. The minimum absolute atomic E-state index is 0.0525. The van der Waals surface area contributed by atoms with Gasteiger partial charge in [0.2, 0.25) is 0 Å². The maximum absolute atomic E-state index is 11.5. The molecule has 0 aliphatic rings. The molecular weight excluding hydrogens is 288 g/mol. The van der Waals surface area contributed by atoms with E-state index in [1.807, 2.05) is 24.3 Å². The Labute approximate surface area is 132 Å². The summed E-state index contributed by atoms with van der Waals surface area (Å²) in [5.41, 5.74) is 4.27. The second-order valence-corrected chi connectivity index (χ2v) is 5.50. The maximum Gasteiger partial charge on any atom is 0.179 e. The second-order valence-electron chi connectivity index (χ2n) is 5.50. The van der Waals surface area contributed by atoms with Crippen molar-refractivity contribution in [3.8, 4) is 0 Å². The van der Waals surface area contributed by atoms with Crippen LogP contribution in [-0.4, -0.2) is 25.4 Å². The molecule has 0 amide bonds. The van der Waals surface area contributed by atoms with E-state index < -0.39 is 0 Å². The number of hydrogen-bond donors (Lipinski definition) is 0. The van der Waals surface area contributed by atoms with Crippen molar-refractivity contribution in [2.24, 2.45) is 0 Å². The zero-order chi connectivity index (χ0) is 15.8. The van der Waals surface area contributed by atoms with Crippen LogP contribution in [0.2, 0.25) is 0 Å². The summed E-state index contributed by atoms with van der Waals surface area (Å²) in [5, 5.41) is 5.49. The SMILES string of the molecule is CC(=O)c1ccc2ncc(Cc3ccc4ncccc4c3)n2n1. The van der Waals surface area contributed by atoms with Gasteiger partial charge in [0.15, 0.2) is 11.4 Å². The highest BCUT2D eigenvalue weighted by molar-refractivity contribution is 5.92. The van der Waals surface area contributed by atoms with Gasteiger partial charge in [-0.25, -0.2) is 9.50 Å². The van der Waals surface area contributed by atoms with Crippen LogP contribution in [0.1, 0.15) is 28.7 Å². The first-order valence-corrected chi connectivity index (χ1v) is 7.39. The third-order valence-corrected chi connectivity index (χ3v) is 3.85. The van der Waals surface area contributed by atoms with Gasteiger partial charge in [-0.1, -0.05) is 12.1 Å². The van der Waals surface area contributed by atoms with Crippen LogP contribution in [0, 0.1) is 0 Å². The Hall–Kier alpha value is -3.08. The number of imidazole rings is 1. The lowest BCUT2D eigenvalue weighted by atomic mass is 10.1. The van der Waals surface area contributed by atoms with Gasteiger partial charge in [0.05, 0.1) is 17.4 Å². The van der Waals surface area contributed by atoms with E-state index in [1.165, 1.54) is 6.92 Å².